The third kappa shape index (κ3) is 6.33. The number of halogens is 4. The fraction of sp³-hybridized carbons (Fsp3) is 0. The van der Waals surface area contributed by atoms with E-state index in [9.17, 15) is 0 Å². The standard InChI is InChI=1S/C30H18Cl4N2O/c31-25-15-9-21(17-27(25)33)3-1-19-5-11-23(12-6-19)29-35-36-30(37-29)24-13-7-20(8-14-24)2-4-22-10-16-26(32)28(34)18-22/h1-18H/b3-1+,4-2+. The van der Waals surface area contributed by atoms with E-state index in [4.69, 9.17) is 50.8 Å². The molecule has 0 bridgehead atoms. The zero-order chi connectivity index (χ0) is 25.8. The van der Waals surface area contributed by atoms with Crippen molar-refractivity contribution in [1.29, 1.82) is 0 Å². The van der Waals surface area contributed by atoms with Crippen LogP contribution in [0.4, 0.5) is 0 Å². The molecule has 3 nitrogen and oxygen atoms in total. The molecular weight excluding hydrogens is 546 g/mol. The third-order valence-electron chi connectivity index (χ3n) is 5.56. The number of benzene rings is 4. The molecule has 0 radical (unpaired) electrons. The average Bonchev–Trinajstić information content (AvgIpc) is 3.41. The van der Waals surface area contributed by atoms with Crippen molar-refractivity contribution in [3.05, 3.63) is 127 Å². The van der Waals surface area contributed by atoms with Gasteiger partial charge < -0.3 is 4.42 Å². The highest BCUT2D eigenvalue weighted by molar-refractivity contribution is 6.42. The second-order valence-corrected chi connectivity index (χ2v) is 9.80. The van der Waals surface area contributed by atoms with Crippen LogP contribution in [0.1, 0.15) is 22.3 Å². The Bertz CT molecular complexity index is 1480. The van der Waals surface area contributed by atoms with Crippen LogP contribution < -0.4 is 0 Å². The predicted octanol–water partition coefficient (Wildman–Crippen LogP) is 10.4. The summed E-state index contributed by atoms with van der Waals surface area (Å²) in [5.74, 6) is 0.914. The molecule has 0 amide bonds. The minimum atomic E-state index is 0.457. The van der Waals surface area contributed by atoms with E-state index < -0.39 is 0 Å². The van der Waals surface area contributed by atoms with Gasteiger partial charge in [-0.2, -0.15) is 0 Å². The third-order valence-corrected chi connectivity index (χ3v) is 7.04. The maximum Gasteiger partial charge on any atom is 0.248 e. The largest absolute Gasteiger partial charge is 0.416 e. The molecule has 0 saturated carbocycles. The van der Waals surface area contributed by atoms with Crippen LogP contribution in [0.25, 0.3) is 47.2 Å². The molecule has 0 aliphatic rings. The van der Waals surface area contributed by atoms with E-state index in [0.29, 0.717) is 31.9 Å². The summed E-state index contributed by atoms with van der Waals surface area (Å²) in [6.45, 7) is 0. The summed E-state index contributed by atoms with van der Waals surface area (Å²) >= 11 is 24.1. The maximum atomic E-state index is 6.08. The Kier molecular flexibility index (Phi) is 7.78. The van der Waals surface area contributed by atoms with Gasteiger partial charge in [0.05, 0.1) is 20.1 Å². The summed E-state index contributed by atoms with van der Waals surface area (Å²) in [7, 11) is 0. The molecule has 37 heavy (non-hydrogen) atoms. The molecule has 0 N–H and O–H groups in total. The van der Waals surface area contributed by atoms with Crippen molar-refractivity contribution in [2.75, 3.05) is 0 Å². The monoisotopic (exact) mass is 562 g/mol. The lowest BCUT2D eigenvalue weighted by atomic mass is 10.1. The smallest absolute Gasteiger partial charge is 0.248 e. The second-order valence-electron chi connectivity index (χ2n) is 8.17. The molecule has 0 atom stereocenters. The van der Waals surface area contributed by atoms with Crippen molar-refractivity contribution in [3.63, 3.8) is 0 Å². The SMILES string of the molecule is Clc1ccc(/C=C/c2ccc(-c3nnc(-c4ccc(/C=C/c5ccc(Cl)c(Cl)c5)cc4)o3)cc2)cc1Cl. The molecule has 1 aromatic heterocycles. The topological polar surface area (TPSA) is 38.9 Å². The highest BCUT2D eigenvalue weighted by Crippen LogP contribution is 2.27. The highest BCUT2D eigenvalue weighted by Gasteiger charge is 2.10. The van der Waals surface area contributed by atoms with Gasteiger partial charge >= 0.3 is 0 Å². The molecule has 182 valence electrons. The molecular formula is C30H18Cl4N2O. The quantitative estimate of drug-likeness (QED) is 0.193. The first kappa shape index (κ1) is 25.3. The van der Waals surface area contributed by atoms with Crippen LogP contribution in [0.15, 0.2) is 89.3 Å². The van der Waals surface area contributed by atoms with E-state index >= 15 is 0 Å². The van der Waals surface area contributed by atoms with Gasteiger partial charge in [-0.1, -0.05) is 107 Å². The first-order chi connectivity index (χ1) is 17.9. The second kappa shape index (κ2) is 11.4. The van der Waals surface area contributed by atoms with Gasteiger partial charge in [0.15, 0.2) is 0 Å². The Morgan fingerprint density at radius 2 is 0.784 bits per heavy atom. The van der Waals surface area contributed by atoms with Crippen LogP contribution in [-0.4, -0.2) is 10.2 Å². The van der Waals surface area contributed by atoms with E-state index in [2.05, 4.69) is 10.2 Å². The molecule has 0 spiro atoms. The minimum absolute atomic E-state index is 0.457. The molecule has 0 aliphatic heterocycles. The van der Waals surface area contributed by atoms with Gasteiger partial charge in [0, 0.05) is 11.1 Å². The van der Waals surface area contributed by atoms with E-state index in [1.807, 2.05) is 97.1 Å². The summed E-state index contributed by atoms with van der Waals surface area (Å²) in [5, 5.41) is 10.6. The normalized spacial score (nSPS) is 11.6. The first-order valence-electron chi connectivity index (χ1n) is 11.3. The lowest BCUT2D eigenvalue weighted by Crippen LogP contribution is -1.79. The van der Waals surface area contributed by atoms with Gasteiger partial charge in [-0.15, -0.1) is 10.2 Å². The number of hydrogen-bond acceptors (Lipinski definition) is 3. The Balaban J connectivity index is 1.25. The van der Waals surface area contributed by atoms with E-state index in [0.717, 1.165) is 33.4 Å². The molecule has 0 aliphatic carbocycles. The fourth-order valence-corrected chi connectivity index (χ4v) is 4.16. The van der Waals surface area contributed by atoms with E-state index in [-0.39, 0.29) is 0 Å². The molecule has 7 heteroatoms. The Labute approximate surface area is 234 Å². The van der Waals surface area contributed by atoms with Crippen molar-refractivity contribution in [2.45, 2.75) is 0 Å². The van der Waals surface area contributed by atoms with Crippen molar-refractivity contribution in [1.82, 2.24) is 10.2 Å². The lowest BCUT2D eigenvalue weighted by Gasteiger charge is -2.00. The molecule has 0 saturated heterocycles. The fourth-order valence-electron chi connectivity index (χ4n) is 3.55. The van der Waals surface area contributed by atoms with E-state index in [1.165, 1.54) is 0 Å². The maximum absolute atomic E-state index is 6.08. The molecule has 5 rings (SSSR count). The van der Waals surface area contributed by atoms with Crippen LogP contribution in [0.5, 0.6) is 0 Å². The number of aromatic nitrogens is 2. The zero-order valence-corrected chi connectivity index (χ0v) is 22.2. The average molecular weight is 564 g/mol. The van der Waals surface area contributed by atoms with Crippen LogP contribution in [0.2, 0.25) is 20.1 Å². The van der Waals surface area contributed by atoms with Crippen LogP contribution >= 0.6 is 46.4 Å². The van der Waals surface area contributed by atoms with Crippen LogP contribution in [0.3, 0.4) is 0 Å². The van der Waals surface area contributed by atoms with Crippen LogP contribution in [0, 0.1) is 0 Å². The molecule has 0 fully saturated rings. The molecule has 4 aromatic carbocycles. The number of nitrogens with zero attached hydrogens (tertiary/aromatic N) is 2. The summed E-state index contributed by atoms with van der Waals surface area (Å²) < 4.78 is 5.93. The lowest BCUT2D eigenvalue weighted by molar-refractivity contribution is 0.584. The summed E-state index contributed by atoms with van der Waals surface area (Å²) in [4.78, 5) is 0. The predicted molar refractivity (Wildman–Crippen MR) is 156 cm³/mol. The minimum Gasteiger partial charge on any atom is -0.416 e. The Morgan fingerprint density at radius 1 is 0.432 bits per heavy atom. The molecule has 5 aromatic rings. The Morgan fingerprint density at radius 3 is 1.16 bits per heavy atom. The van der Waals surface area contributed by atoms with Gasteiger partial charge in [-0.3, -0.25) is 0 Å². The van der Waals surface area contributed by atoms with Crippen molar-refractivity contribution >= 4 is 70.7 Å². The van der Waals surface area contributed by atoms with Gasteiger partial charge in [0.25, 0.3) is 0 Å². The van der Waals surface area contributed by atoms with Gasteiger partial charge in [-0.25, -0.2) is 0 Å². The van der Waals surface area contributed by atoms with Crippen molar-refractivity contribution in [3.8, 4) is 22.9 Å². The van der Waals surface area contributed by atoms with E-state index in [1.54, 1.807) is 12.1 Å². The number of hydrogen-bond donors (Lipinski definition) is 0. The highest BCUT2D eigenvalue weighted by atomic mass is 35.5. The summed E-state index contributed by atoms with van der Waals surface area (Å²) in [6.07, 6.45) is 7.96. The van der Waals surface area contributed by atoms with Gasteiger partial charge in [0.2, 0.25) is 11.8 Å². The summed E-state index contributed by atoms with van der Waals surface area (Å²) in [5.41, 5.74) is 5.67. The first-order valence-corrected chi connectivity index (χ1v) is 12.8. The Hall–Kier alpha value is -3.34. The summed E-state index contributed by atoms with van der Waals surface area (Å²) in [6, 6.07) is 26.8. The van der Waals surface area contributed by atoms with Crippen molar-refractivity contribution in [2.24, 2.45) is 0 Å². The van der Waals surface area contributed by atoms with Gasteiger partial charge in [-0.05, 0) is 70.8 Å². The number of rotatable bonds is 6. The van der Waals surface area contributed by atoms with Crippen molar-refractivity contribution < 1.29 is 4.42 Å². The molecule has 0 unspecified atom stereocenters. The molecule has 1 heterocycles. The zero-order valence-electron chi connectivity index (χ0n) is 19.2. The van der Waals surface area contributed by atoms with Crippen LogP contribution in [-0.2, 0) is 0 Å². The van der Waals surface area contributed by atoms with Gasteiger partial charge in [0.1, 0.15) is 0 Å².